The maximum Gasteiger partial charge on any atom is 0.145 e. The SMILES string of the molecule is COC1(C)CCCN(c2cc(NN)nc(C3CC3)n2)C1. The number of piperidine rings is 1. The maximum absolute atomic E-state index is 5.65. The van der Waals surface area contributed by atoms with Gasteiger partial charge in [-0.1, -0.05) is 0 Å². The zero-order valence-electron chi connectivity index (χ0n) is 12.2. The van der Waals surface area contributed by atoms with Gasteiger partial charge in [-0.2, -0.15) is 0 Å². The zero-order valence-corrected chi connectivity index (χ0v) is 12.2. The molecular weight excluding hydrogens is 254 g/mol. The molecule has 0 bridgehead atoms. The number of nitrogens with two attached hydrogens (primary N) is 1. The summed E-state index contributed by atoms with van der Waals surface area (Å²) >= 11 is 0. The monoisotopic (exact) mass is 277 g/mol. The summed E-state index contributed by atoms with van der Waals surface area (Å²) in [6.45, 7) is 4.02. The van der Waals surface area contributed by atoms with E-state index in [9.17, 15) is 0 Å². The molecule has 0 radical (unpaired) electrons. The van der Waals surface area contributed by atoms with E-state index >= 15 is 0 Å². The topological polar surface area (TPSA) is 76.3 Å². The van der Waals surface area contributed by atoms with Gasteiger partial charge in [0.1, 0.15) is 17.5 Å². The Morgan fingerprint density at radius 1 is 1.45 bits per heavy atom. The van der Waals surface area contributed by atoms with Crippen LogP contribution >= 0.6 is 0 Å². The molecular formula is C14H23N5O. The molecule has 3 N–H and O–H groups in total. The number of hydrazine groups is 1. The van der Waals surface area contributed by atoms with Crippen LogP contribution in [-0.2, 0) is 4.74 Å². The van der Waals surface area contributed by atoms with Crippen LogP contribution in [0.25, 0.3) is 0 Å². The van der Waals surface area contributed by atoms with Crippen LogP contribution in [0.5, 0.6) is 0 Å². The van der Waals surface area contributed by atoms with Crippen molar-refractivity contribution in [2.24, 2.45) is 5.84 Å². The third-order valence-electron chi connectivity index (χ3n) is 4.30. The second-order valence-electron chi connectivity index (χ2n) is 6.07. The smallest absolute Gasteiger partial charge is 0.145 e. The van der Waals surface area contributed by atoms with Crippen LogP contribution in [0.1, 0.15) is 44.3 Å². The third kappa shape index (κ3) is 2.71. The summed E-state index contributed by atoms with van der Waals surface area (Å²) < 4.78 is 5.65. The lowest BCUT2D eigenvalue weighted by molar-refractivity contribution is -0.00482. The zero-order chi connectivity index (χ0) is 14.2. The lowest BCUT2D eigenvalue weighted by atomic mass is 9.95. The highest BCUT2D eigenvalue weighted by molar-refractivity contribution is 5.50. The van der Waals surface area contributed by atoms with E-state index in [1.54, 1.807) is 7.11 Å². The molecule has 1 aromatic rings. The standard InChI is InChI=1S/C14H23N5O/c1-14(20-2)6-3-7-19(9-14)12-8-11(18-15)16-13(17-12)10-4-5-10/h8,10H,3-7,9,15H2,1-2H3,(H,16,17,18). The van der Waals surface area contributed by atoms with Crippen LogP contribution in [0.2, 0.25) is 0 Å². The Morgan fingerprint density at radius 3 is 2.90 bits per heavy atom. The Hall–Kier alpha value is -1.40. The number of aromatic nitrogens is 2. The van der Waals surface area contributed by atoms with E-state index < -0.39 is 0 Å². The van der Waals surface area contributed by atoms with E-state index in [0.717, 1.165) is 37.6 Å². The summed E-state index contributed by atoms with van der Waals surface area (Å²) in [5, 5.41) is 0. The summed E-state index contributed by atoms with van der Waals surface area (Å²) in [5.41, 5.74) is 2.56. The Labute approximate surface area is 119 Å². The van der Waals surface area contributed by atoms with Crippen LogP contribution in [0.3, 0.4) is 0 Å². The van der Waals surface area contributed by atoms with Crippen molar-refractivity contribution >= 4 is 11.6 Å². The van der Waals surface area contributed by atoms with Gasteiger partial charge in [0, 0.05) is 32.2 Å². The molecule has 1 atom stereocenters. The minimum absolute atomic E-state index is 0.0980. The molecule has 0 aromatic carbocycles. The minimum atomic E-state index is -0.0980. The summed E-state index contributed by atoms with van der Waals surface area (Å²) in [6, 6.07) is 1.92. The number of nitrogens with zero attached hydrogens (tertiary/aromatic N) is 3. The summed E-state index contributed by atoms with van der Waals surface area (Å²) in [6.07, 6.45) is 4.56. The second-order valence-corrected chi connectivity index (χ2v) is 6.07. The van der Waals surface area contributed by atoms with E-state index in [1.165, 1.54) is 12.8 Å². The average Bonchev–Trinajstić information content (AvgIpc) is 3.31. The number of hydrogen-bond acceptors (Lipinski definition) is 6. The van der Waals surface area contributed by atoms with E-state index in [-0.39, 0.29) is 5.60 Å². The van der Waals surface area contributed by atoms with Gasteiger partial charge < -0.3 is 15.1 Å². The molecule has 2 aliphatic rings. The van der Waals surface area contributed by atoms with Crippen LogP contribution in [0, 0.1) is 0 Å². The first-order chi connectivity index (χ1) is 9.63. The van der Waals surface area contributed by atoms with E-state index in [4.69, 9.17) is 15.6 Å². The van der Waals surface area contributed by atoms with Crippen molar-refractivity contribution in [1.29, 1.82) is 0 Å². The number of nitrogens with one attached hydrogen (secondary N) is 1. The fourth-order valence-corrected chi connectivity index (χ4v) is 2.78. The Morgan fingerprint density at radius 2 is 2.25 bits per heavy atom. The lowest BCUT2D eigenvalue weighted by Crippen LogP contribution is -2.47. The number of ether oxygens (including phenoxy) is 1. The van der Waals surface area contributed by atoms with Crippen LogP contribution in [0.15, 0.2) is 6.07 Å². The van der Waals surface area contributed by atoms with Gasteiger partial charge in [0.15, 0.2) is 0 Å². The number of anilines is 2. The molecule has 110 valence electrons. The highest BCUT2D eigenvalue weighted by Gasteiger charge is 2.33. The summed E-state index contributed by atoms with van der Waals surface area (Å²) in [7, 11) is 1.78. The van der Waals surface area contributed by atoms with Crippen LogP contribution in [-0.4, -0.2) is 35.8 Å². The largest absolute Gasteiger partial charge is 0.377 e. The molecule has 0 spiro atoms. The van der Waals surface area contributed by atoms with Gasteiger partial charge in [0.2, 0.25) is 0 Å². The van der Waals surface area contributed by atoms with Gasteiger partial charge in [0.25, 0.3) is 0 Å². The molecule has 6 heteroatoms. The number of nitrogen functional groups attached to an aromatic ring is 1. The molecule has 20 heavy (non-hydrogen) atoms. The predicted molar refractivity (Wildman–Crippen MR) is 78.7 cm³/mol. The molecule has 6 nitrogen and oxygen atoms in total. The van der Waals surface area contributed by atoms with E-state index in [0.29, 0.717) is 11.7 Å². The highest BCUT2D eigenvalue weighted by atomic mass is 16.5. The Kier molecular flexibility index (Phi) is 3.52. The quantitative estimate of drug-likeness (QED) is 0.643. The first-order valence-corrected chi connectivity index (χ1v) is 7.29. The van der Waals surface area contributed by atoms with Crippen LogP contribution < -0.4 is 16.2 Å². The lowest BCUT2D eigenvalue weighted by Gasteiger charge is -2.40. The van der Waals surface area contributed by atoms with Crippen LogP contribution in [0.4, 0.5) is 11.6 Å². The van der Waals surface area contributed by atoms with Crippen molar-refractivity contribution in [2.45, 2.75) is 44.1 Å². The van der Waals surface area contributed by atoms with Gasteiger partial charge in [-0.25, -0.2) is 15.8 Å². The van der Waals surface area contributed by atoms with Gasteiger partial charge >= 0.3 is 0 Å². The van der Waals surface area contributed by atoms with Crippen molar-refractivity contribution in [3.05, 3.63) is 11.9 Å². The molecule has 2 fully saturated rings. The van der Waals surface area contributed by atoms with Gasteiger partial charge in [-0.15, -0.1) is 0 Å². The van der Waals surface area contributed by atoms with Gasteiger partial charge in [-0.05, 0) is 32.6 Å². The molecule has 1 saturated carbocycles. The molecule has 3 rings (SSSR count). The van der Waals surface area contributed by atoms with Crippen molar-refractivity contribution in [3.63, 3.8) is 0 Å². The summed E-state index contributed by atoms with van der Waals surface area (Å²) in [5.74, 6) is 8.62. The number of methoxy groups -OCH3 is 1. The van der Waals surface area contributed by atoms with E-state index in [1.807, 2.05) is 6.07 Å². The summed E-state index contributed by atoms with van der Waals surface area (Å²) in [4.78, 5) is 11.5. The van der Waals surface area contributed by atoms with E-state index in [2.05, 4.69) is 22.2 Å². The molecule has 1 aromatic heterocycles. The molecule has 1 unspecified atom stereocenters. The van der Waals surface area contributed by atoms with Crippen molar-refractivity contribution in [2.75, 3.05) is 30.5 Å². The fourth-order valence-electron chi connectivity index (χ4n) is 2.78. The van der Waals surface area contributed by atoms with Crippen molar-refractivity contribution < 1.29 is 4.74 Å². The average molecular weight is 277 g/mol. The molecule has 1 aliphatic heterocycles. The first-order valence-electron chi connectivity index (χ1n) is 7.29. The Balaban J connectivity index is 1.86. The maximum atomic E-state index is 5.65. The fraction of sp³-hybridized carbons (Fsp3) is 0.714. The predicted octanol–water partition coefficient (Wildman–Crippen LogP) is 1.64. The molecule has 1 aliphatic carbocycles. The first kappa shape index (κ1) is 13.6. The molecule has 1 saturated heterocycles. The minimum Gasteiger partial charge on any atom is -0.377 e. The third-order valence-corrected chi connectivity index (χ3v) is 4.30. The second kappa shape index (κ2) is 5.18. The normalized spacial score (nSPS) is 26.6. The molecule has 0 amide bonds. The van der Waals surface area contributed by atoms with Gasteiger partial charge in [-0.3, -0.25) is 0 Å². The van der Waals surface area contributed by atoms with Crippen molar-refractivity contribution in [1.82, 2.24) is 9.97 Å². The van der Waals surface area contributed by atoms with Crippen molar-refractivity contribution in [3.8, 4) is 0 Å². The number of rotatable bonds is 4. The highest BCUT2D eigenvalue weighted by Crippen LogP contribution is 2.39. The number of hydrogen-bond donors (Lipinski definition) is 2. The molecule has 2 heterocycles. The van der Waals surface area contributed by atoms with Gasteiger partial charge in [0.05, 0.1) is 5.60 Å². The Bertz CT molecular complexity index is 490.